The fraction of sp³-hybridized carbons (Fsp3) is 0. The number of furan rings is 2. The Morgan fingerprint density at radius 3 is 1.66 bits per heavy atom. The monoisotopic (exact) mass is 601 g/mol. The zero-order valence-corrected chi connectivity index (χ0v) is 25.4. The molecule has 0 saturated heterocycles. The van der Waals surface area contributed by atoms with E-state index in [9.17, 15) is 0 Å². The van der Waals surface area contributed by atoms with Crippen LogP contribution in [0.3, 0.4) is 0 Å². The van der Waals surface area contributed by atoms with Crippen molar-refractivity contribution in [2.75, 3.05) is 4.90 Å². The Kier molecular flexibility index (Phi) is 5.57. The molecular formula is C44H27NO2. The molecule has 0 fully saturated rings. The van der Waals surface area contributed by atoms with Gasteiger partial charge < -0.3 is 13.7 Å². The quantitative estimate of drug-likeness (QED) is 0.188. The van der Waals surface area contributed by atoms with Crippen LogP contribution >= 0.6 is 0 Å². The first-order valence-electron chi connectivity index (χ1n) is 15.9. The van der Waals surface area contributed by atoms with E-state index in [1.165, 1.54) is 21.5 Å². The second-order valence-electron chi connectivity index (χ2n) is 12.1. The van der Waals surface area contributed by atoms with E-state index in [1.807, 2.05) is 24.3 Å². The van der Waals surface area contributed by atoms with Crippen molar-refractivity contribution in [3.8, 4) is 11.1 Å². The zero-order valence-electron chi connectivity index (χ0n) is 25.4. The SMILES string of the molecule is c1ccc2c(c1)cc(N(c1ccc(-c3ccc4c(c3)oc3ccccc34)cc1)c1ccc3oc4ccccc4c3c1)c1ccccc12. The number of nitrogens with zero attached hydrogens (tertiary/aromatic N) is 1. The standard InChI is InChI=1S/C44H27NO2/c1-2-10-33-30(9-1)25-40(35-12-4-3-11-34(33)35)45(32-22-24-43-39(27-32)37-14-6-8-16-42(37)46-43)31-20-17-28(18-21-31)29-19-23-38-36-13-5-7-15-41(36)47-44(38)26-29/h1-27H. The summed E-state index contributed by atoms with van der Waals surface area (Å²) in [5.74, 6) is 0. The minimum Gasteiger partial charge on any atom is -0.456 e. The topological polar surface area (TPSA) is 29.5 Å². The lowest BCUT2D eigenvalue weighted by atomic mass is 9.98. The van der Waals surface area contributed by atoms with Crippen LogP contribution in [0.15, 0.2) is 173 Å². The highest BCUT2D eigenvalue weighted by atomic mass is 16.3. The first-order valence-corrected chi connectivity index (χ1v) is 15.9. The smallest absolute Gasteiger partial charge is 0.136 e. The van der Waals surface area contributed by atoms with Gasteiger partial charge in [0.1, 0.15) is 22.3 Å². The Morgan fingerprint density at radius 1 is 0.319 bits per heavy atom. The molecule has 0 atom stereocenters. The minimum atomic E-state index is 0.884. The van der Waals surface area contributed by atoms with Gasteiger partial charge in [0.25, 0.3) is 0 Å². The lowest BCUT2D eigenvalue weighted by Crippen LogP contribution is -2.10. The predicted molar refractivity (Wildman–Crippen MR) is 196 cm³/mol. The van der Waals surface area contributed by atoms with Crippen molar-refractivity contribution in [3.05, 3.63) is 164 Å². The maximum Gasteiger partial charge on any atom is 0.136 e. The van der Waals surface area contributed by atoms with Crippen LogP contribution in [0, 0.1) is 0 Å². The molecule has 0 unspecified atom stereocenters. The fourth-order valence-electron chi connectivity index (χ4n) is 7.21. The molecule has 0 aliphatic carbocycles. The van der Waals surface area contributed by atoms with Gasteiger partial charge in [0, 0.05) is 38.3 Å². The number of anilines is 3. The highest BCUT2D eigenvalue weighted by Crippen LogP contribution is 2.44. The van der Waals surface area contributed by atoms with Gasteiger partial charge in [0.05, 0.1) is 5.69 Å². The maximum atomic E-state index is 6.21. The van der Waals surface area contributed by atoms with Crippen LogP contribution in [0.2, 0.25) is 0 Å². The molecule has 2 heterocycles. The summed E-state index contributed by atoms with van der Waals surface area (Å²) in [4.78, 5) is 2.38. The first kappa shape index (κ1) is 26.0. The molecule has 0 saturated carbocycles. The molecular weight excluding hydrogens is 574 g/mol. The van der Waals surface area contributed by atoms with Crippen molar-refractivity contribution in [3.63, 3.8) is 0 Å². The van der Waals surface area contributed by atoms with Crippen LogP contribution in [0.1, 0.15) is 0 Å². The molecule has 2 aromatic heterocycles. The highest BCUT2D eigenvalue weighted by molar-refractivity contribution is 6.15. The molecule has 0 spiro atoms. The van der Waals surface area contributed by atoms with Gasteiger partial charge in [-0.15, -0.1) is 0 Å². The average molecular weight is 602 g/mol. The van der Waals surface area contributed by atoms with Crippen molar-refractivity contribution in [2.45, 2.75) is 0 Å². The van der Waals surface area contributed by atoms with E-state index in [0.717, 1.165) is 72.1 Å². The number of hydrogen-bond donors (Lipinski definition) is 0. The molecule has 3 nitrogen and oxygen atoms in total. The third kappa shape index (κ3) is 4.07. The summed E-state index contributed by atoms with van der Waals surface area (Å²) < 4.78 is 12.4. The summed E-state index contributed by atoms with van der Waals surface area (Å²) in [5.41, 5.74) is 9.12. The van der Waals surface area contributed by atoms with Crippen LogP contribution in [0.25, 0.3) is 76.5 Å². The number of fused-ring (bicyclic) bond motifs is 9. The number of rotatable bonds is 4. The van der Waals surface area contributed by atoms with Crippen LogP contribution in [0.5, 0.6) is 0 Å². The fourth-order valence-corrected chi connectivity index (χ4v) is 7.21. The maximum absolute atomic E-state index is 6.21. The van der Waals surface area contributed by atoms with E-state index < -0.39 is 0 Å². The van der Waals surface area contributed by atoms with Crippen molar-refractivity contribution in [1.82, 2.24) is 0 Å². The van der Waals surface area contributed by atoms with E-state index in [0.29, 0.717) is 0 Å². The molecule has 0 aliphatic rings. The van der Waals surface area contributed by atoms with Gasteiger partial charge in [-0.2, -0.15) is 0 Å². The average Bonchev–Trinajstić information content (AvgIpc) is 3.70. The van der Waals surface area contributed by atoms with Gasteiger partial charge in [0.2, 0.25) is 0 Å². The Morgan fingerprint density at radius 2 is 0.872 bits per heavy atom. The lowest BCUT2D eigenvalue weighted by molar-refractivity contribution is 0.668. The third-order valence-corrected chi connectivity index (χ3v) is 9.44. The summed E-state index contributed by atoms with van der Waals surface area (Å²) in [7, 11) is 0. The number of benzene rings is 8. The van der Waals surface area contributed by atoms with Crippen molar-refractivity contribution >= 4 is 82.5 Å². The molecule has 0 radical (unpaired) electrons. The second kappa shape index (κ2) is 10.1. The summed E-state index contributed by atoms with van der Waals surface area (Å²) >= 11 is 0. The molecule has 0 amide bonds. The van der Waals surface area contributed by atoms with Gasteiger partial charge in [-0.3, -0.25) is 0 Å². The Balaban J connectivity index is 1.17. The van der Waals surface area contributed by atoms with Gasteiger partial charge >= 0.3 is 0 Å². The van der Waals surface area contributed by atoms with Crippen LogP contribution < -0.4 is 4.90 Å². The van der Waals surface area contributed by atoms with Crippen molar-refractivity contribution in [2.24, 2.45) is 0 Å². The summed E-state index contributed by atoms with van der Waals surface area (Å²) in [6, 6.07) is 58.0. The third-order valence-electron chi connectivity index (χ3n) is 9.44. The van der Waals surface area contributed by atoms with Gasteiger partial charge in [-0.1, -0.05) is 103 Å². The zero-order chi connectivity index (χ0) is 30.9. The molecule has 47 heavy (non-hydrogen) atoms. The first-order chi connectivity index (χ1) is 23.3. The molecule has 10 aromatic rings. The van der Waals surface area contributed by atoms with E-state index >= 15 is 0 Å². The number of hydrogen-bond acceptors (Lipinski definition) is 3. The summed E-state index contributed by atoms with van der Waals surface area (Å²) in [6.45, 7) is 0. The van der Waals surface area contributed by atoms with Gasteiger partial charge in [-0.25, -0.2) is 0 Å². The normalized spacial score (nSPS) is 11.8. The molecule has 8 aromatic carbocycles. The van der Waals surface area contributed by atoms with Crippen molar-refractivity contribution in [1.29, 1.82) is 0 Å². The number of para-hydroxylation sites is 2. The van der Waals surface area contributed by atoms with Gasteiger partial charge in [-0.05, 0) is 87.9 Å². The van der Waals surface area contributed by atoms with Gasteiger partial charge in [0.15, 0.2) is 0 Å². The molecule has 0 N–H and O–H groups in total. The molecule has 0 bridgehead atoms. The lowest BCUT2D eigenvalue weighted by Gasteiger charge is -2.28. The second-order valence-corrected chi connectivity index (χ2v) is 12.1. The molecule has 220 valence electrons. The van der Waals surface area contributed by atoms with E-state index in [1.54, 1.807) is 0 Å². The molecule has 3 heteroatoms. The van der Waals surface area contributed by atoms with Crippen LogP contribution in [-0.2, 0) is 0 Å². The van der Waals surface area contributed by atoms with Crippen molar-refractivity contribution < 1.29 is 8.83 Å². The summed E-state index contributed by atoms with van der Waals surface area (Å²) in [6.07, 6.45) is 0. The minimum absolute atomic E-state index is 0.884. The Hall–Kier alpha value is -6.32. The highest BCUT2D eigenvalue weighted by Gasteiger charge is 2.19. The Bertz CT molecular complexity index is 2800. The van der Waals surface area contributed by atoms with Crippen LogP contribution in [0.4, 0.5) is 17.1 Å². The van der Waals surface area contributed by atoms with Crippen LogP contribution in [-0.4, -0.2) is 0 Å². The molecule has 0 aliphatic heterocycles. The molecule has 10 rings (SSSR count). The van der Waals surface area contributed by atoms with E-state index in [2.05, 4.69) is 144 Å². The predicted octanol–water partition coefficient (Wildman–Crippen LogP) is 12.9. The Labute approximate surface area is 270 Å². The summed E-state index contributed by atoms with van der Waals surface area (Å²) in [5, 5.41) is 9.38. The largest absolute Gasteiger partial charge is 0.456 e. The van der Waals surface area contributed by atoms with E-state index in [4.69, 9.17) is 8.83 Å². The van der Waals surface area contributed by atoms with E-state index in [-0.39, 0.29) is 0 Å².